The number of nitrogens with one attached hydrogen (secondary N) is 1. The van der Waals surface area contributed by atoms with Gasteiger partial charge in [0.1, 0.15) is 0 Å². The van der Waals surface area contributed by atoms with Gasteiger partial charge in [-0.05, 0) is 13.5 Å². The summed E-state index contributed by atoms with van der Waals surface area (Å²) in [5.74, 6) is 0.0503. The van der Waals surface area contributed by atoms with E-state index in [2.05, 4.69) is 33.2 Å². The number of amides is 1. The van der Waals surface area contributed by atoms with E-state index in [0.717, 1.165) is 26.1 Å². The van der Waals surface area contributed by atoms with E-state index in [1.54, 1.807) is 0 Å². The van der Waals surface area contributed by atoms with Crippen molar-refractivity contribution in [2.24, 2.45) is 0 Å². The number of alkyl halides is 1. The Morgan fingerprint density at radius 1 is 1.73 bits per heavy atom. The normalized spacial score (nSPS) is 24.9. The van der Waals surface area contributed by atoms with E-state index in [9.17, 15) is 4.79 Å². The van der Waals surface area contributed by atoms with Gasteiger partial charge in [0.15, 0.2) is 0 Å². The van der Waals surface area contributed by atoms with Gasteiger partial charge in [-0.1, -0.05) is 22.9 Å². The molecule has 88 valence electrons. The summed E-state index contributed by atoms with van der Waals surface area (Å²) in [6, 6.07) is 0. The average molecular weight is 279 g/mol. The van der Waals surface area contributed by atoms with Crippen LogP contribution in [-0.2, 0) is 9.53 Å². The van der Waals surface area contributed by atoms with Gasteiger partial charge in [0.25, 0.3) is 0 Å². The molecule has 0 bridgehead atoms. The molecule has 1 N–H and O–H groups in total. The van der Waals surface area contributed by atoms with Crippen molar-refractivity contribution in [1.82, 2.24) is 10.2 Å². The molecule has 2 atom stereocenters. The highest BCUT2D eigenvalue weighted by atomic mass is 79.9. The summed E-state index contributed by atoms with van der Waals surface area (Å²) in [5.41, 5.74) is 0. The molecule has 4 nitrogen and oxygen atoms in total. The van der Waals surface area contributed by atoms with Crippen molar-refractivity contribution in [2.75, 3.05) is 33.3 Å². The fourth-order valence-corrected chi connectivity index (χ4v) is 1.66. The zero-order valence-electron chi connectivity index (χ0n) is 9.33. The lowest BCUT2D eigenvalue weighted by Gasteiger charge is -2.30. The Morgan fingerprint density at radius 3 is 3.07 bits per heavy atom. The Morgan fingerprint density at radius 2 is 2.47 bits per heavy atom. The number of rotatable bonds is 4. The predicted octanol–water partition coefficient (Wildman–Crippen LogP) is 0.607. The second-order valence-electron chi connectivity index (χ2n) is 3.88. The molecule has 0 aromatic rings. The van der Waals surface area contributed by atoms with Crippen molar-refractivity contribution in [1.29, 1.82) is 0 Å². The third kappa shape index (κ3) is 4.49. The highest BCUT2D eigenvalue weighted by Gasteiger charge is 2.19. The second-order valence-corrected chi connectivity index (χ2v) is 4.98. The minimum absolute atomic E-state index is 0.0503. The smallest absolute Gasteiger partial charge is 0.233 e. The van der Waals surface area contributed by atoms with Gasteiger partial charge in [-0.3, -0.25) is 4.79 Å². The van der Waals surface area contributed by atoms with Crippen molar-refractivity contribution >= 4 is 21.8 Å². The quantitative estimate of drug-likeness (QED) is 0.767. The lowest BCUT2D eigenvalue weighted by Crippen LogP contribution is -2.46. The van der Waals surface area contributed by atoms with Crippen LogP contribution in [0.25, 0.3) is 0 Å². The molecule has 1 aliphatic rings. The molecular formula is C10H19BrN2O2. The maximum Gasteiger partial charge on any atom is 0.233 e. The Bertz CT molecular complexity index is 214. The first-order valence-corrected chi connectivity index (χ1v) is 6.27. The fraction of sp³-hybridized carbons (Fsp3) is 0.900. The molecule has 1 rings (SSSR count). The molecule has 1 saturated heterocycles. The lowest BCUT2D eigenvalue weighted by molar-refractivity contribution is -0.121. The van der Waals surface area contributed by atoms with Gasteiger partial charge < -0.3 is 15.0 Å². The summed E-state index contributed by atoms with van der Waals surface area (Å²) in [7, 11) is 2.07. The molecule has 5 heteroatoms. The van der Waals surface area contributed by atoms with E-state index in [1.807, 2.05) is 6.92 Å². The predicted molar refractivity (Wildman–Crippen MR) is 63.3 cm³/mol. The summed E-state index contributed by atoms with van der Waals surface area (Å²) in [6.45, 7) is 5.19. The number of carbonyl (C=O) groups excluding carboxylic acids is 1. The fourth-order valence-electron chi connectivity index (χ4n) is 1.50. The number of morpholine rings is 1. The SMILES string of the molecule is CCC(Br)C(=O)NCC1CN(C)CCO1. The molecule has 0 radical (unpaired) electrons. The molecule has 1 aliphatic heterocycles. The van der Waals surface area contributed by atoms with Crippen LogP contribution >= 0.6 is 15.9 Å². The molecule has 1 heterocycles. The highest BCUT2D eigenvalue weighted by molar-refractivity contribution is 9.10. The Kier molecular flexibility index (Phi) is 5.56. The van der Waals surface area contributed by atoms with E-state index in [-0.39, 0.29) is 16.8 Å². The first-order valence-electron chi connectivity index (χ1n) is 5.35. The first kappa shape index (κ1) is 12.9. The highest BCUT2D eigenvalue weighted by Crippen LogP contribution is 2.05. The molecule has 2 unspecified atom stereocenters. The minimum atomic E-state index is -0.0844. The number of halogens is 1. The van der Waals surface area contributed by atoms with Gasteiger partial charge in [-0.25, -0.2) is 0 Å². The van der Waals surface area contributed by atoms with Gasteiger partial charge in [0.2, 0.25) is 5.91 Å². The van der Waals surface area contributed by atoms with E-state index >= 15 is 0 Å². The maximum atomic E-state index is 11.5. The molecule has 0 spiro atoms. The van der Waals surface area contributed by atoms with Crippen molar-refractivity contribution in [2.45, 2.75) is 24.3 Å². The van der Waals surface area contributed by atoms with Crippen LogP contribution in [0.3, 0.4) is 0 Å². The zero-order valence-corrected chi connectivity index (χ0v) is 10.9. The van der Waals surface area contributed by atoms with Crippen molar-refractivity contribution in [3.8, 4) is 0 Å². The number of nitrogens with zero attached hydrogens (tertiary/aromatic N) is 1. The summed E-state index contributed by atoms with van der Waals surface area (Å²) in [5, 5.41) is 2.89. The van der Waals surface area contributed by atoms with Crippen LogP contribution in [0.5, 0.6) is 0 Å². The summed E-state index contributed by atoms with van der Waals surface area (Å²) in [4.78, 5) is 13.6. The zero-order chi connectivity index (χ0) is 11.3. The lowest BCUT2D eigenvalue weighted by atomic mass is 10.2. The second kappa shape index (κ2) is 6.45. The third-order valence-corrected chi connectivity index (χ3v) is 3.55. The Hall–Kier alpha value is -0.130. The summed E-state index contributed by atoms with van der Waals surface area (Å²) in [6.07, 6.45) is 0.932. The van der Waals surface area contributed by atoms with Gasteiger partial charge in [-0.2, -0.15) is 0 Å². The monoisotopic (exact) mass is 278 g/mol. The van der Waals surface area contributed by atoms with Crippen LogP contribution in [-0.4, -0.2) is 55.0 Å². The third-order valence-electron chi connectivity index (χ3n) is 2.49. The number of hydrogen-bond donors (Lipinski definition) is 1. The average Bonchev–Trinajstić information content (AvgIpc) is 2.25. The molecule has 1 fully saturated rings. The first-order chi connectivity index (χ1) is 7.13. The van der Waals surface area contributed by atoms with Crippen LogP contribution in [0.2, 0.25) is 0 Å². The maximum absolute atomic E-state index is 11.5. The molecule has 0 aromatic heterocycles. The Balaban J connectivity index is 2.21. The minimum Gasteiger partial charge on any atom is -0.374 e. The van der Waals surface area contributed by atoms with E-state index in [1.165, 1.54) is 0 Å². The molecular weight excluding hydrogens is 260 g/mol. The van der Waals surface area contributed by atoms with Gasteiger partial charge in [0, 0.05) is 19.6 Å². The van der Waals surface area contributed by atoms with Gasteiger partial charge in [0.05, 0.1) is 17.5 Å². The Labute approximate surface area is 99.5 Å². The van der Waals surface area contributed by atoms with E-state index in [4.69, 9.17) is 4.74 Å². The number of hydrogen-bond acceptors (Lipinski definition) is 3. The van der Waals surface area contributed by atoms with E-state index in [0.29, 0.717) is 6.54 Å². The van der Waals surface area contributed by atoms with Crippen LogP contribution in [0.1, 0.15) is 13.3 Å². The molecule has 0 aliphatic carbocycles. The van der Waals surface area contributed by atoms with Crippen LogP contribution in [0.4, 0.5) is 0 Å². The molecule has 0 saturated carbocycles. The van der Waals surface area contributed by atoms with Crippen molar-refractivity contribution in [3.63, 3.8) is 0 Å². The van der Waals surface area contributed by atoms with Crippen molar-refractivity contribution < 1.29 is 9.53 Å². The number of ether oxygens (including phenoxy) is 1. The molecule has 0 aromatic carbocycles. The van der Waals surface area contributed by atoms with Crippen molar-refractivity contribution in [3.05, 3.63) is 0 Å². The standard InChI is InChI=1S/C10H19BrN2O2/c1-3-9(11)10(14)12-6-8-7-13(2)4-5-15-8/h8-9H,3-7H2,1-2H3,(H,12,14). The van der Waals surface area contributed by atoms with Crippen LogP contribution in [0.15, 0.2) is 0 Å². The summed E-state index contributed by atoms with van der Waals surface area (Å²) >= 11 is 3.32. The van der Waals surface area contributed by atoms with E-state index < -0.39 is 0 Å². The molecule has 1 amide bonds. The van der Waals surface area contributed by atoms with Gasteiger partial charge in [-0.15, -0.1) is 0 Å². The largest absolute Gasteiger partial charge is 0.374 e. The summed E-state index contributed by atoms with van der Waals surface area (Å²) < 4.78 is 5.54. The topological polar surface area (TPSA) is 41.6 Å². The molecule has 15 heavy (non-hydrogen) atoms. The van der Waals surface area contributed by atoms with Gasteiger partial charge >= 0.3 is 0 Å². The van der Waals surface area contributed by atoms with Crippen LogP contribution in [0, 0.1) is 0 Å². The number of likely N-dealkylation sites (N-methyl/N-ethyl adjacent to an activating group) is 1. The van der Waals surface area contributed by atoms with Crippen LogP contribution < -0.4 is 5.32 Å². The number of carbonyl (C=O) groups is 1.